The molecule has 0 saturated heterocycles. The molecule has 144 valence electrons. The Bertz CT molecular complexity index is 762. The summed E-state index contributed by atoms with van der Waals surface area (Å²) in [5.74, 6) is 1.00. The van der Waals surface area contributed by atoms with E-state index in [-0.39, 0.29) is 11.8 Å². The number of hydrogen-bond acceptors (Lipinski definition) is 4. The summed E-state index contributed by atoms with van der Waals surface area (Å²) in [4.78, 5) is 25.7. The molecule has 6 heteroatoms. The highest BCUT2D eigenvalue weighted by molar-refractivity contribution is 5.92. The fraction of sp³-hybridized carbons (Fsp3) is 0.333. The van der Waals surface area contributed by atoms with E-state index in [0.29, 0.717) is 43.1 Å². The van der Waals surface area contributed by atoms with Gasteiger partial charge in [-0.2, -0.15) is 0 Å². The van der Waals surface area contributed by atoms with E-state index < -0.39 is 0 Å². The minimum Gasteiger partial charge on any atom is -0.493 e. The van der Waals surface area contributed by atoms with E-state index in [4.69, 9.17) is 9.47 Å². The van der Waals surface area contributed by atoms with Crippen molar-refractivity contribution < 1.29 is 19.1 Å². The third-order valence-electron chi connectivity index (χ3n) is 4.20. The fourth-order valence-electron chi connectivity index (χ4n) is 2.76. The van der Waals surface area contributed by atoms with Crippen LogP contribution in [0.4, 0.5) is 5.69 Å². The third kappa shape index (κ3) is 6.02. The number of aryl methyl sites for hydroxylation is 1. The van der Waals surface area contributed by atoms with Crippen LogP contribution in [0.25, 0.3) is 0 Å². The van der Waals surface area contributed by atoms with Crippen LogP contribution < -0.4 is 19.7 Å². The molecule has 0 aliphatic carbocycles. The van der Waals surface area contributed by atoms with E-state index in [0.717, 1.165) is 5.56 Å². The number of amides is 2. The molecule has 0 bridgehead atoms. The molecule has 0 spiro atoms. The van der Waals surface area contributed by atoms with Crippen molar-refractivity contribution in [2.75, 3.05) is 32.2 Å². The summed E-state index contributed by atoms with van der Waals surface area (Å²) >= 11 is 0. The van der Waals surface area contributed by atoms with Crippen LogP contribution in [0.15, 0.2) is 48.5 Å². The second-order valence-corrected chi connectivity index (χ2v) is 6.05. The maximum Gasteiger partial charge on any atom is 0.223 e. The summed E-state index contributed by atoms with van der Waals surface area (Å²) in [5.41, 5.74) is 1.82. The summed E-state index contributed by atoms with van der Waals surface area (Å²) in [6.45, 7) is 2.25. The van der Waals surface area contributed by atoms with Gasteiger partial charge in [0.15, 0.2) is 11.5 Å². The van der Waals surface area contributed by atoms with Gasteiger partial charge in [0.25, 0.3) is 0 Å². The van der Waals surface area contributed by atoms with Gasteiger partial charge in [0, 0.05) is 38.2 Å². The highest BCUT2D eigenvalue weighted by Gasteiger charge is 2.14. The molecular weight excluding hydrogens is 344 g/mol. The molecule has 2 aromatic carbocycles. The van der Waals surface area contributed by atoms with Crippen molar-refractivity contribution in [1.82, 2.24) is 5.32 Å². The quantitative estimate of drug-likeness (QED) is 0.737. The number of anilines is 1. The van der Waals surface area contributed by atoms with Crippen molar-refractivity contribution in [3.63, 3.8) is 0 Å². The Morgan fingerprint density at radius 2 is 1.70 bits per heavy atom. The van der Waals surface area contributed by atoms with Gasteiger partial charge in [-0.05, 0) is 24.1 Å². The van der Waals surface area contributed by atoms with E-state index in [2.05, 4.69) is 5.32 Å². The lowest BCUT2D eigenvalue weighted by Gasteiger charge is -2.22. The molecule has 2 aromatic rings. The van der Waals surface area contributed by atoms with E-state index >= 15 is 0 Å². The first-order chi connectivity index (χ1) is 13.0. The SMILES string of the molecule is COc1ccc(N(CCNC(=O)CCc2ccccc2)C(C)=O)cc1OC. The first-order valence-corrected chi connectivity index (χ1v) is 8.86. The van der Waals surface area contributed by atoms with Crippen LogP contribution in [0.2, 0.25) is 0 Å². The lowest BCUT2D eigenvalue weighted by Crippen LogP contribution is -2.37. The fourth-order valence-corrected chi connectivity index (χ4v) is 2.76. The zero-order valence-electron chi connectivity index (χ0n) is 16.0. The standard InChI is InChI=1S/C21H26N2O4/c1-16(24)23(18-10-11-19(26-2)20(15-18)27-3)14-13-22-21(25)12-9-17-7-5-4-6-8-17/h4-8,10-11,15H,9,12-14H2,1-3H3,(H,22,25). The first-order valence-electron chi connectivity index (χ1n) is 8.86. The van der Waals surface area contributed by atoms with Gasteiger partial charge in [0.05, 0.1) is 14.2 Å². The number of benzene rings is 2. The Morgan fingerprint density at radius 3 is 2.33 bits per heavy atom. The average molecular weight is 370 g/mol. The van der Waals surface area contributed by atoms with Crippen LogP contribution in [0.5, 0.6) is 11.5 Å². The summed E-state index contributed by atoms with van der Waals surface area (Å²) in [7, 11) is 3.11. The highest BCUT2D eigenvalue weighted by atomic mass is 16.5. The van der Waals surface area contributed by atoms with E-state index in [1.54, 1.807) is 37.3 Å². The van der Waals surface area contributed by atoms with Crippen molar-refractivity contribution in [3.05, 3.63) is 54.1 Å². The second-order valence-electron chi connectivity index (χ2n) is 6.05. The van der Waals surface area contributed by atoms with Gasteiger partial charge in [-0.3, -0.25) is 9.59 Å². The van der Waals surface area contributed by atoms with E-state index in [9.17, 15) is 9.59 Å². The number of carbonyl (C=O) groups is 2. The van der Waals surface area contributed by atoms with Gasteiger partial charge in [-0.25, -0.2) is 0 Å². The van der Waals surface area contributed by atoms with Crippen LogP contribution >= 0.6 is 0 Å². The predicted octanol–water partition coefficient (Wildman–Crippen LogP) is 2.81. The zero-order chi connectivity index (χ0) is 19.6. The second kappa shape index (κ2) is 10.2. The van der Waals surface area contributed by atoms with Crippen molar-refractivity contribution >= 4 is 17.5 Å². The van der Waals surface area contributed by atoms with Crippen LogP contribution in [0, 0.1) is 0 Å². The van der Waals surface area contributed by atoms with E-state index in [1.165, 1.54) is 6.92 Å². The summed E-state index contributed by atoms with van der Waals surface area (Å²) < 4.78 is 10.5. The van der Waals surface area contributed by atoms with E-state index in [1.807, 2.05) is 30.3 Å². The van der Waals surface area contributed by atoms with Crippen molar-refractivity contribution in [2.45, 2.75) is 19.8 Å². The Hall–Kier alpha value is -3.02. The van der Waals surface area contributed by atoms with Crippen LogP contribution in [-0.2, 0) is 16.0 Å². The number of carbonyl (C=O) groups excluding carboxylic acids is 2. The molecule has 0 fully saturated rings. The molecule has 0 saturated carbocycles. The number of nitrogens with one attached hydrogen (secondary N) is 1. The van der Waals surface area contributed by atoms with Gasteiger partial charge in [-0.15, -0.1) is 0 Å². The summed E-state index contributed by atoms with van der Waals surface area (Å²) in [6, 6.07) is 15.2. The normalized spacial score (nSPS) is 10.2. The highest BCUT2D eigenvalue weighted by Crippen LogP contribution is 2.31. The van der Waals surface area contributed by atoms with Gasteiger partial charge >= 0.3 is 0 Å². The Balaban J connectivity index is 1.89. The van der Waals surface area contributed by atoms with Gasteiger partial charge < -0.3 is 19.7 Å². The summed E-state index contributed by atoms with van der Waals surface area (Å²) in [5, 5.41) is 2.87. The van der Waals surface area contributed by atoms with Crippen molar-refractivity contribution in [1.29, 1.82) is 0 Å². The predicted molar refractivity (Wildman–Crippen MR) is 105 cm³/mol. The van der Waals surface area contributed by atoms with Gasteiger partial charge in [-0.1, -0.05) is 30.3 Å². The molecule has 0 aromatic heterocycles. The number of nitrogens with zero attached hydrogens (tertiary/aromatic N) is 1. The molecule has 2 amide bonds. The molecule has 2 rings (SSSR count). The molecule has 6 nitrogen and oxygen atoms in total. The van der Waals surface area contributed by atoms with Crippen LogP contribution in [0.3, 0.4) is 0 Å². The molecule has 0 atom stereocenters. The van der Waals surface area contributed by atoms with Crippen molar-refractivity contribution in [3.8, 4) is 11.5 Å². The number of methoxy groups -OCH3 is 2. The minimum absolute atomic E-state index is 0.0327. The molecule has 0 aliphatic heterocycles. The first kappa shape index (κ1) is 20.3. The number of ether oxygens (including phenoxy) is 2. The van der Waals surface area contributed by atoms with Crippen molar-refractivity contribution in [2.24, 2.45) is 0 Å². The molecule has 0 heterocycles. The van der Waals surface area contributed by atoms with Crippen LogP contribution in [-0.4, -0.2) is 39.1 Å². The minimum atomic E-state index is -0.110. The lowest BCUT2D eigenvalue weighted by molar-refractivity contribution is -0.121. The molecule has 0 aliphatic rings. The average Bonchev–Trinajstić information content (AvgIpc) is 2.69. The molecule has 0 unspecified atom stereocenters. The maximum atomic E-state index is 12.0. The van der Waals surface area contributed by atoms with Gasteiger partial charge in [0.2, 0.25) is 11.8 Å². The Labute approximate surface area is 160 Å². The largest absolute Gasteiger partial charge is 0.493 e. The zero-order valence-corrected chi connectivity index (χ0v) is 16.0. The third-order valence-corrected chi connectivity index (χ3v) is 4.20. The maximum absolute atomic E-state index is 12.0. The smallest absolute Gasteiger partial charge is 0.223 e. The number of rotatable bonds is 9. The molecular formula is C21H26N2O4. The number of hydrogen-bond donors (Lipinski definition) is 1. The Morgan fingerprint density at radius 1 is 1.00 bits per heavy atom. The Kier molecular flexibility index (Phi) is 7.67. The van der Waals surface area contributed by atoms with Crippen LogP contribution in [0.1, 0.15) is 18.9 Å². The monoisotopic (exact) mass is 370 g/mol. The van der Waals surface area contributed by atoms with Gasteiger partial charge in [0.1, 0.15) is 0 Å². The molecule has 27 heavy (non-hydrogen) atoms. The topological polar surface area (TPSA) is 67.9 Å². The lowest BCUT2D eigenvalue weighted by atomic mass is 10.1. The summed E-state index contributed by atoms with van der Waals surface area (Å²) in [6.07, 6.45) is 1.11. The molecule has 0 radical (unpaired) electrons. The molecule has 1 N–H and O–H groups in total.